The van der Waals surface area contributed by atoms with Crippen LogP contribution in [0.25, 0.3) is 0 Å². The van der Waals surface area contributed by atoms with Crippen molar-refractivity contribution < 1.29 is 36.2 Å². The van der Waals surface area contributed by atoms with Gasteiger partial charge in [0.2, 0.25) is 6.10 Å². The summed E-state index contributed by atoms with van der Waals surface area (Å²) in [6.45, 7) is 0.757. The smallest absolute Gasteiger partial charge is 0.394 e. The zero-order valence-corrected chi connectivity index (χ0v) is 11.5. The molecule has 21 heavy (non-hydrogen) atoms. The molecule has 1 aliphatic rings. The highest BCUT2D eigenvalue weighted by Crippen LogP contribution is 2.35. The number of aliphatic hydroxyl groups is 1. The van der Waals surface area contributed by atoms with Crippen molar-refractivity contribution in [3.8, 4) is 0 Å². The molecule has 0 amide bonds. The topological polar surface area (TPSA) is 41.5 Å². The average molecular weight is 323 g/mol. The highest BCUT2D eigenvalue weighted by atomic mass is 19.4. The lowest BCUT2D eigenvalue weighted by atomic mass is 9.97. The number of halogens is 6. The molecule has 0 aromatic heterocycles. The van der Waals surface area contributed by atoms with Crippen LogP contribution in [-0.2, 0) is 4.74 Å². The summed E-state index contributed by atoms with van der Waals surface area (Å²) in [5.74, 6) is 0. The largest absolute Gasteiger partial charge is 0.423 e. The van der Waals surface area contributed by atoms with Crippen LogP contribution >= 0.6 is 0 Å². The van der Waals surface area contributed by atoms with Crippen molar-refractivity contribution in [2.24, 2.45) is 0 Å². The van der Waals surface area contributed by atoms with Crippen molar-refractivity contribution in [3.05, 3.63) is 0 Å². The van der Waals surface area contributed by atoms with Crippen LogP contribution in [0, 0.1) is 0 Å². The summed E-state index contributed by atoms with van der Waals surface area (Å²) in [7, 11) is 0. The van der Waals surface area contributed by atoms with Gasteiger partial charge in [0, 0.05) is 18.2 Å². The minimum Gasteiger partial charge on any atom is -0.394 e. The maximum atomic E-state index is 12.2. The highest BCUT2D eigenvalue weighted by Gasteiger charge is 2.57. The Balaban J connectivity index is 2.39. The van der Waals surface area contributed by atoms with Gasteiger partial charge in [-0.05, 0) is 32.6 Å². The quantitative estimate of drug-likeness (QED) is 0.533. The van der Waals surface area contributed by atoms with Crippen LogP contribution in [0.15, 0.2) is 0 Å². The third-order valence-electron chi connectivity index (χ3n) is 3.23. The maximum Gasteiger partial charge on any atom is 0.423 e. The number of aliphatic hydroxyl groups excluding tert-OH is 1. The molecule has 126 valence electrons. The molecule has 3 nitrogen and oxygen atoms in total. The van der Waals surface area contributed by atoms with Gasteiger partial charge in [-0.2, -0.15) is 26.3 Å². The fourth-order valence-corrected chi connectivity index (χ4v) is 1.96. The normalized spacial score (nSPS) is 19.9. The van der Waals surface area contributed by atoms with E-state index in [-0.39, 0.29) is 25.5 Å². The van der Waals surface area contributed by atoms with Crippen molar-refractivity contribution >= 4 is 0 Å². The van der Waals surface area contributed by atoms with Crippen molar-refractivity contribution in [2.75, 3.05) is 13.2 Å². The molecule has 2 N–H and O–H groups in total. The van der Waals surface area contributed by atoms with Crippen LogP contribution in [0.1, 0.15) is 32.6 Å². The van der Waals surface area contributed by atoms with Crippen molar-refractivity contribution in [2.45, 2.75) is 62.6 Å². The van der Waals surface area contributed by atoms with Gasteiger partial charge in [-0.15, -0.1) is 0 Å². The van der Waals surface area contributed by atoms with Crippen LogP contribution in [0.4, 0.5) is 26.3 Å². The molecule has 0 radical (unpaired) electrons. The lowest BCUT2D eigenvalue weighted by Crippen LogP contribution is -2.47. The third kappa shape index (κ3) is 6.39. The van der Waals surface area contributed by atoms with Gasteiger partial charge in [-0.1, -0.05) is 0 Å². The fraction of sp³-hybridized carbons (Fsp3) is 1.00. The van der Waals surface area contributed by atoms with E-state index in [1.807, 2.05) is 0 Å². The Morgan fingerprint density at radius 2 is 1.67 bits per heavy atom. The number of nitrogens with one attached hydrogen (secondary N) is 1. The average Bonchev–Trinajstić information content (AvgIpc) is 3.09. The van der Waals surface area contributed by atoms with Crippen LogP contribution in [0.5, 0.6) is 0 Å². The first-order valence-corrected chi connectivity index (χ1v) is 6.61. The second kappa shape index (κ2) is 6.70. The van der Waals surface area contributed by atoms with E-state index in [0.29, 0.717) is 0 Å². The molecule has 0 aromatic rings. The molecular formula is C12H19F6NO2. The monoisotopic (exact) mass is 323 g/mol. The highest BCUT2D eigenvalue weighted by molar-refractivity contribution is 4.92. The molecule has 0 heterocycles. The Morgan fingerprint density at radius 1 is 1.14 bits per heavy atom. The zero-order chi connectivity index (χ0) is 16.3. The van der Waals surface area contributed by atoms with E-state index in [4.69, 9.17) is 0 Å². The standard InChI is InChI=1S/C12H19F6NO2/c1-10(7-20,19-8-3-4-8)5-2-6-21-9(11(13,14)15)12(16,17)18/h8-9,19-20H,2-7H2,1H3. The Morgan fingerprint density at radius 3 is 2.05 bits per heavy atom. The number of ether oxygens (including phenoxy) is 1. The molecule has 1 atom stereocenters. The van der Waals surface area contributed by atoms with Gasteiger partial charge in [-0.25, -0.2) is 0 Å². The predicted molar refractivity (Wildman–Crippen MR) is 62.7 cm³/mol. The number of hydrogen-bond acceptors (Lipinski definition) is 3. The van der Waals surface area contributed by atoms with Crippen molar-refractivity contribution in [1.29, 1.82) is 0 Å². The van der Waals surface area contributed by atoms with E-state index >= 15 is 0 Å². The summed E-state index contributed by atoms with van der Waals surface area (Å²) in [5, 5.41) is 12.4. The number of rotatable bonds is 8. The lowest BCUT2D eigenvalue weighted by Gasteiger charge is -2.29. The van der Waals surface area contributed by atoms with Crippen molar-refractivity contribution in [1.82, 2.24) is 5.32 Å². The second-order valence-corrected chi connectivity index (χ2v) is 5.57. The molecule has 0 aliphatic heterocycles. The molecule has 1 aliphatic carbocycles. The van der Waals surface area contributed by atoms with Gasteiger partial charge in [0.05, 0.1) is 6.61 Å². The minimum absolute atomic E-state index is 0.0144. The summed E-state index contributed by atoms with van der Waals surface area (Å²) in [6, 6.07) is 0.265. The lowest BCUT2D eigenvalue weighted by molar-refractivity contribution is -0.321. The predicted octanol–water partition coefficient (Wildman–Crippen LogP) is 2.78. The molecule has 0 saturated heterocycles. The number of hydrogen-bond donors (Lipinski definition) is 2. The summed E-state index contributed by atoms with van der Waals surface area (Å²) in [6.07, 6.45) is -12.6. The van der Waals surface area contributed by atoms with E-state index in [1.54, 1.807) is 6.92 Å². The van der Waals surface area contributed by atoms with E-state index in [2.05, 4.69) is 10.1 Å². The molecular weight excluding hydrogens is 304 g/mol. The van der Waals surface area contributed by atoms with Gasteiger partial charge < -0.3 is 15.2 Å². The van der Waals surface area contributed by atoms with Crippen LogP contribution in [0.3, 0.4) is 0 Å². The summed E-state index contributed by atoms with van der Waals surface area (Å²) >= 11 is 0. The van der Waals surface area contributed by atoms with Crippen LogP contribution in [-0.4, -0.2) is 48.4 Å². The van der Waals surface area contributed by atoms with Gasteiger partial charge in [0.25, 0.3) is 0 Å². The maximum absolute atomic E-state index is 12.2. The van der Waals surface area contributed by atoms with Crippen LogP contribution < -0.4 is 5.32 Å². The molecule has 0 spiro atoms. The molecule has 9 heteroatoms. The molecule has 1 fully saturated rings. The van der Waals surface area contributed by atoms with Crippen LogP contribution in [0.2, 0.25) is 0 Å². The fourth-order valence-electron chi connectivity index (χ4n) is 1.96. The zero-order valence-electron chi connectivity index (χ0n) is 11.5. The molecule has 1 rings (SSSR count). The second-order valence-electron chi connectivity index (χ2n) is 5.57. The Bertz CT molecular complexity index is 315. The Labute approximate surface area is 118 Å². The third-order valence-corrected chi connectivity index (χ3v) is 3.23. The first-order valence-electron chi connectivity index (χ1n) is 6.61. The molecule has 0 bridgehead atoms. The number of alkyl halides is 6. The van der Waals surface area contributed by atoms with Gasteiger partial charge in [0.15, 0.2) is 0 Å². The Kier molecular flexibility index (Phi) is 5.91. The Hall–Kier alpha value is -0.540. The SMILES string of the molecule is CC(CO)(CCCOC(C(F)(F)F)C(F)(F)F)NC1CC1. The van der Waals surface area contributed by atoms with Gasteiger partial charge in [-0.3, -0.25) is 0 Å². The molecule has 1 saturated carbocycles. The first kappa shape index (κ1) is 18.5. The van der Waals surface area contributed by atoms with E-state index in [9.17, 15) is 31.4 Å². The van der Waals surface area contributed by atoms with Gasteiger partial charge >= 0.3 is 12.4 Å². The van der Waals surface area contributed by atoms with E-state index in [1.165, 1.54) is 0 Å². The summed E-state index contributed by atoms with van der Waals surface area (Å²) in [4.78, 5) is 0. The van der Waals surface area contributed by atoms with Crippen molar-refractivity contribution in [3.63, 3.8) is 0 Å². The molecule has 0 aromatic carbocycles. The summed E-state index contributed by atoms with van der Waals surface area (Å²) < 4.78 is 77.3. The minimum atomic E-state index is -5.48. The van der Waals surface area contributed by atoms with E-state index < -0.39 is 30.6 Å². The van der Waals surface area contributed by atoms with Gasteiger partial charge in [0.1, 0.15) is 0 Å². The first-order chi connectivity index (χ1) is 9.48. The summed E-state index contributed by atoms with van der Waals surface area (Å²) in [5.41, 5.74) is -0.712. The van der Waals surface area contributed by atoms with E-state index in [0.717, 1.165) is 12.8 Å². The molecule has 1 unspecified atom stereocenters.